The van der Waals surface area contributed by atoms with Gasteiger partial charge in [0, 0.05) is 11.3 Å². The zero-order valence-corrected chi connectivity index (χ0v) is 13.5. The van der Waals surface area contributed by atoms with Crippen LogP contribution in [0.3, 0.4) is 0 Å². The van der Waals surface area contributed by atoms with Crippen LogP contribution in [0.4, 0.5) is 0 Å². The molecule has 0 unspecified atom stereocenters. The van der Waals surface area contributed by atoms with Gasteiger partial charge < -0.3 is 15.2 Å². The van der Waals surface area contributed by atoms with Crippen LogP contribution in [0.5, 0.6) is 11.6 Å². The lowest BCUT2D eigenvalue weighted by molar-refractivity contribution is 0.370. The summed E-state index contributed by atoms with van der Waals surface area (Å²) in [6.07, 6.45) is 5.18. The average Bonchev–Trinajstić information content (AvgIpc) is 2.93. The molecule has 6 nitrogen and oxygen atoms in total. The molecule has 7 heteroatoms. The van der Waals surface area contributed by atoms with Crippen molar-refractivity contribution in [2.45, 2.75) is 12.8 Å². The Bertz CT molecular complexity index is 918. The van der Waals surface area contributed by atoms with E-state index in [1.54, 1.807) is 12.1 Å². The number of H-pyrrole nitrogens is 1. The smallest absolute Gasteiger partial charge is 0.244 e. The van der Waals surface area contributed by atoms with E-state index in [9.17, 15) is 5.26 Å². The molecule has 2 heterocycles. The van der Waals surface area contributed by atoms with Crippen molar-refractivity contribution in [3.05, 3.63) is 51.5 Å². The number of aromatic amines is 1. The number of halogens is 1. The van der Waals surface area contributed by atoms with Crippen LogP contribution in [0.25, 0.3) is 0 Å². The van der Waals surface area contributed by atoms with E-state index in [1.165, 1.54) is 0 Å². The summed E-state index contributed by atoms with van der Waals surface area (Å²) in [7, 11) is 0. The first kappa shape index (κ1) is 15.8. The molecule has 0 saturated heterocycles. The molecule has 0 fully saturated rings. The van der Waals surface area contributed by atoms with Crippen molar-refractivity contribution in [1.29, 1.82) is 5.26 Å². The third-order valence-electron chi connectivity index (χ3n) is 3.73. The number of nitriles is 1. The Morgan fingerprint density at radius 3 is 3.00 bits per heavy atom. The van der Waals surface area contributed by atoms with Crippen molar-refractivity contribution >= 4 is 11.6 Å². The van der Waals surface area contributed by atoms with Gasteiger partial charge in [-0.05, 0) is 24.6 Å². The number of hydrogen-bond acceptors (Lipinski definition) is 5. The molecule has 2 aromatic rings. The number of benzene rings is 1. The number of aryl methyl sites for hydroxylation is 1. The highest BCUT2D eigenvalue weighted by Crippen LogP contribution is 2.43. The Labute approximate surface area is 143 Å². The molecule has 0 radical (unpaired) electrons. The lowest BCUT2D eigenvalue weighted by atomic mass is 9.84. The third kappa shape index (κ3) is 2.54. The van der Waals surface area contributed by atoms with Crippen molar-refractivity contribution in [1.82, 2.24) is 10.2 Å². The standard InChI is InChI=1S/C17H13ClN4O2/c1-3-6-23-13-5-4-10(7-12(13)18)15-11(8-19)16(20)24-17-14(15)9(2)21-22-17/h1,4-5,7,15H,6,20H2,2H3,(H,21,22)/t15-/m1/s1. The molecule has 1 aromatic carbocycles. The van der Waals surface area contributed by atoms with Crippen LogP contribution in [0, 0.1) is 30.6 Å². The largest absolute Gasteiger partial charge is 0.479 e. The van der Waals surface area contributed by atoms with Crippen LogP contribution in [0.15, 0.2) is 29.7 Å². The first-order valence-corrected chi connectivity index (χ1v) is 7.42. The molecule has 0 aliphatic carbocycles. The van der Waals surface area contributed by atoms with E-state index in [0.717, 1.165) is 16.8 Å². The number of aromatic nitrogens is 2. The Kier molecular flexibility index (Phi) is 4.07. The molecule has 0 spiro atoms. The fourth-order valence-corrected chi connectivity index (χ4v) is 2.91. The number of allylic oxidation sites excluding steroid dienone is 1. The second kappa shape index (κ2) is 6.19. The molecule has 0 saturated carbocycles. The maximum absolute atomic E-state index is 9.51. The van der Waals surface area contributed by atoms with Crippen LogP contribution in [-0.4, -0.2) is 16.8 Å². The second-order valence-electron chi connectivity index (χ2n) is 5.17. The molecule has 1 aromatic heterocycles. The maximum atomic E-state index is 9.51. The average molecular weight is 341 g/mol. The molecule has 1 aliphatic rings. The van der Waals surface area contributed by atoms with Crippen LogP contribution >= 0.6 is 11.6 Å². The first-order chi connectivity index (χ1) is 11.6. The predicted octanol–water partition coefficient (Wildman–Crippen LogP) is 2.60. The normalized spacial score (nSPS) is 15.9. The second-order valence-corrected chi connectivity index (χ2v) is 5.58. The summed E-state index contributed by atoms with van der Waals surface area (Å²) in [6, 6.07) is 7.37. The number of nitrogens with one attached hydrogen (secondary N) is 1. The molecule has 1 atom stereocenters. The molecule has 3 N–H and O–H groups in total. The van der Waals surface area contributed by atoms with Gasteiger partial charge in [0.25, 0.3) is 0 Å². The van der Waals surface area contributed by atoms with E-state index >= 15 is 0 Å². The van der Waals surface area contributed by atoms with Gasteiger partial charge in [-0.1, -0.05) is 23.6 Å². The SMILES string of the molecule is C#CCOc1ccc([C@@H]2C(C#N)=C(N)Oc3n[nH]c(C)c32)cc1Cl. The number of fused-ring (bicyclic) bond motifs is 1. The van der Waals surface area contributed by atoms with Crippen LogP contribution < -0.4 is 15.2 Å². The number of nitrogens with two attached hydrogens (primary N) is 1. The van der Waals surface area contributed by atoms with Crippen LogP contribution in [-0.2, 0) is 0 Å². The lowest BCUT2D eigenvalue weighted by Gasteiger charge is -2.24. The first-order valence-electron chi connectivity index (χ1n) is 7.05. The highest BCUT2D eigenvalue weighted by Gasteiger charge is 2.34. The minimum absolute atomic E-state index is 0.0327. The van der Waals surface area contributed by atoms with Gasteiger partial charge in [0.2, 0.25) is 11.8 Å². The van der Waals surface area contributed by atoms with Gasteiger partial charge >= 0.3 is 0 Å². The van der Waals surface area contributed by atoms with E-state index in [-0.39, 0.29) is 12.5 Å². The fraction of sp³-hybridized carbons (Fsp3) is 0.176. The molecular formula is C17H13ClN4O2. The number of hydrogen-bond donors (Lipinski definition) is 2. The lowest BCUT2D eigenvalue weighted by Crippen LogP contribution is -2.21. The van der Waals surface area contributed by atoms with Crippen molar-refractivity contribution in [2.75, 3.05) is 6.61 Å². The minimum atomic E-state index is -0.420. The van der Waals surface area contributed by atoms with Crippen molar-refractivity contribution in [2.24, 2.45) is 5.73 Å². The third-order valence-corrected chi connectivity index (χ3v) is 4.03. The summed E-state index contributed by atoms with van der Waals surface area (Å²) in [4.78, 5) is 0. The Balaban J connectivity index is 2.10. The Morgan fingerprint density at radius 2 is 2.33 bits per heavy atom. The van der Waals surface area contributed by atoms with E-state index in [0.29, 0.717) is 22.2 Å². The molecular weight excluding hydrogens is 328 g/mol. The molecule has 3 rings (SSSR count). The van der Waals surface area contributed by atoms with Crippen molar-refractivity contribution in [3.8, 4) is 30.0 Å². The molecule has 24 heavy (non-hydrogen) atoms. The summed E-state index contributed by atoms with van der Waals surface area (Å²) in [5.41, 5.74) is 8.51. The van der Waals surface area contributed by atoms with Gasteiger partial charge in [-0.25, -0.2) is 0 Å². The van der Waals surface area contributed by atoms with Crippen molar-refractivity contribution < 1.29 is 9.47 Å². The van der Waals surface area contributed by atoms with Gasteiger partial charge in [0.05, 0.1) is 10.9 Å². The maximum Gasteiger partial charge on any atom is 0.244 e. The topological polar surface area (TPSA) is 96.9 Å². The molecule has 0 amide bonds. The summed E-state index contributed by atoms with van der Waals surface area (Å²) in [6.45, 7) is 1.97. The molecule has 120 valence electrons. The Hall–Kier alpha value is -3.09. The highest BCUT2D eigenvalue weighted by atomic mass is 35.5. The monoisotopic (exact) mass is 340 g/mol. The predicted molar refractivity (Wildman–Crippen MR) is 88.4 cm³/mol. The number of ether oxygens (including phenoxy) is 2. The summed E-state index contributed by atoms with van der Waals surface area (Å²) < 4.78 is 10.8. The summed E-state index contributed by atoms with van der Waals surface area (Å²) >= 11 is 6.27. The summed E-state index contributed by atoms with van der Waals surface area (Å²) in [5.74, 6) is 2.83. The van der Waals surface area contributed by atoms with E-state index in [1.807, 2.05) is 13.0 Å². The molecule has 0 bridgehead atoms. The minimum Gasteiger partial charge on any atom is -0.479 e. The van der Waals surface area contributed by atoms with E-state index < -0.39 is 5.92 Å². The van der Waals surface area contributed by atoms with Crippen LogP contribution in [0.2, 0.25) is 5.02 Å². The van der Waals surface area contributed by atoms with Crippen molar-refractivity contribution in [3.63, 3.8) is 0 Å². The quantitative estimate of drug-likeness (QED) is 0.837. The van der Waals surface area contributed by atoms with Gasteiger partial charge in [-0.3, -0.25) is 5.10 Å². The van der Waals surface area contributed by atoms with Gasteiger partial charge in [0.1, 0.15) is 24.0 Å². The zero-order chi connectivity index (χ0) is 17.3. The zero-order valence-electron chi connectivity index (χ0n) is 12.8. The van der Waals surface area contributed by atoms with Crippen LogP contribution in [0.1, 0.15) is 22.7 Å². The van der Waals surface area contributed by atoms with Gasteiger partial charge in [0.15, 0.2) is 0 Å². The van der Waals surface area contributed by atoms with Gasteiger partial charge in [-0.15, -0.1) is 11.5 Å². The van der Waals surface area contributed by atoms with Gasteiger partial charge in [-0.2, -0.15) is 5.26 Å². The number of nitrogens with zero attached hydrogens (tertiary/aromatic N) is 2. The highest BCUT2D eigenvalue weighted by molar-refractivity contribution is 6.32. The Morgan fingerprint density at radius 1 is 1.54 bits per heavy atom. The fourth-order valence-electron chi connectivity index (χ4n) is 2.67. The number of rotatable bonds is 3. The van der Waals surface area contributed by atoms with E-state index in [4.69, 9.17) is 33.2 Å². The summed E-state index contributed by atoms with van der Waals surface area (Å²) in [5, 5.41) is 16.8. The molecule has 1 aliphatic heterocycles. The number of terminal acetylenes is 1. The van der Waals surface area contributed by atoms with E-state index in [2.05, 4.69) is 22.2 Å².